The third-order valence-corrected chi connectivity index (χ3v) is 8.44. The van der Waals surface area contributed by atoms with Crippen LogP contribution < -0.4 is 26.0 Å². The molecule has 3 heterocycles. The maximum absolute atomic E-state index is 13.4. The minimum absolute atomic E-state index is 0.144. The van der Waals surface area contributed by atoms with Crippen LogP contribution in [0, 0.1) is 12.8 Å². The van der Waals surface area contributed by atoms with Gasteiger partial charge in [0.1, 0.15) is 23.1 Å². The zero-order chi connectivity index (χ0) is 34.9. The zero-order valence-corrected chi connectivity index (χ0v) is 28.2. The fourth-order valence-electron chi connectivity index (χ4n) is 5.75. The highest BCUT2D eigenvalue weighted by Crippen LogP contribution is 2.35. The van der Waals surface area contributed by atoms with Crippen LogP contribution in [0.3, 0.4) is 0 Å². The van der Waals surface area contributed by atoms with E-state index in [1.165, 1.54) is 6.20 Å². The van der Waals surface area contributed by atoms with Gasteiger partial charge in [-0.1, -0.05) is 55.3 Å². The van der Waals surface area contributed by atoms with Crippen LogP contribution in [0.15, 0.2) is 85.1 Å². The number of ether oxygens (including phenoxy) is 2. The van der Waals surface area contributed by atoms with E-state index in [2.05, 4.69) is 33.2 Å². The van der Waals surface area contributed by atoms with E-state index in [1.807, 2.05) is 61.5 Å². The van der Waals surface area contributed by atoms with Crippen molar-refractivity contribution in [3.8, 4) is 17.2 Å². The Labute approximate surface area is 290 Å². The lowest BCUT2D eigenvalue weighted by Crippen LogP contribution is -2.38. The summed E-state index contributed by atoms with van der Waals surface area (Å²) in [6.45, 7) is 5.10. The van der Waals surface area contributed by atoms with Gasteiger partial charge in [-0.25, -0.2) is 14.5 Å². The summed E-state index contributed by atoms with van der Waals surface area (Å²) in [4.78, 5) is 42.5. The van der Waals surface area contributed by atoms with Gasteiger partial charge in [0.25, 0.3) is 0 Å². The van der Waals surface area contributed by atoms with Gasteiger partial charge in [-0.2, -0.15) is 5.10 Å². The number of aromatic nitrogens is 3. The fourth-order valence-corrected chi connectivity index (χ4v) is 5.75. The molecule has 50 heavy (non-hydrogen) atoms. The number of benzene rings is 3. The molecule has 0 unspecified atom stereocenters. The lowest BCUT2D eigenvalue weighted by Gasteiger charge is -2.21. The number of rotatable bonds is 12. The summed E-state index contributed by atoms with van der Waals surface area (Å²) < 4.78 is 13.3. The van der Waals surface area contributed by atoms with E-state index in [0.29, 0.717) is 49.1 Å². The molecule has 1 aliphatic heterocycles. The first-order valence-electron chi connectivity index (χ1n) is 16.9. The summed E-state index contributed by atoms with van der Waals surface area (Å²) in [7, 11) is 0. The van der Waals surface area contributed by atoms with E-state index >= 15 is 0 Å². The van der Waals surface area contributed by atoms with Crippen LogP contribution >= 0.6 is 0 Å². The molecule has 5 aromatic rings. The average molecular weight is 676 g/mol. The minimum atomic E-state index is -0.405. The van der Waals surface area contributed by atoms with Crippen molar-refractivity contribution in [3.05, 3.63) is 96.3 Å². The molecule has 3 aromatic carbocycles. The number of nitrogens with one attached hydrogen (secondary N) is 4. The second kappa shape index (κ2) is 16.1. The van der Waals surface area contributed by atoms with Gasteiger partial charge in [0.05, 0.1) is 23.6 Å². The van der Waals surface area contributed by atoms with Crippen molar-refractivity contribution < 1.29 is 23.9 Å². The molecule has 0 atom stereocenters. The first-order chi connectivity index (χ1) is 24.4. The molecule has 4 N–H and O–H groups in total. The second-order valence-corrected chi connectivity index (χ2v) is 12.2. The number of nitrogens with zero attached hydrogens (tertiary/aromatic N) is 3. The first-order valence-corrected chi connectivity index (χ1v) is 16.9. The van der Waals surface area contributed by atoms with Crippen molar-refractivity contribution in [2.75, 3.05) is 35.7 Å². The molecule has 12 nitrogen and oxygen atoms in total. The molecule has 6 rings (SSSR count). The average Bonchev–Trinajstić information content (AvgIpc) is 3.53. The summed E-state index contributed by atoms with van der Waals surface area (Å²) >= 11 is 0. The van der Waals surface area contributed by atoms with Crippen molar-refractivity contribution in [3.63, 3.8) is 0 Å². The molecule has 1 fully saturated rings. The van der Waals surface area contributed by atoms with Gasteiger partial charge < -0.3 is 25.4 Å². The number of pyridine rings is 1. The van der Waals surface area contributed by atoms with Crippen molar-refractivity contribution >= 4 is 45.9 Å². The Balaban J connectivity index is 1.13. The molecule has 4 amide bonds. The van der Waals surface area contributed by atoms with Crippen LogP contribution in [-0.4, -0.2) is 52.4 Å². The van der Waals surface area contributed by atoms with Crippen LogP contribution in [0.2, 0.25) is 0 Å². The summed E-state index contributed by atoms with van der Waals surface area (Å²) in [5, 5.41) is 17.7. The highest BCUT2D eigenvalue weighted by molar-refractivity contribution is 6.07. The van der Waals surface area contributed by atoms with Gasteiger partial charge in [0, 0.05) is 48.2 Å². The largest absolute Gasteiger partial charge is 0.457 e. The summed E-state index contributed by atoms with van der Waals surface area (Å²) in [5.41, 5.74) is 3.50. The quantitative estimate of drug-likeness (QED) is 0.111. The molecule has 0 radical (unpaired) electrons. The Morgan fingerprint density at radius 2 is 1.70 bits per heavy atom. The van der Waals surface area contributed by atoms with Gasteiger partial charge in [0.15, 0.2) is 0 Å². The van der Waals surface area contributed by atoms with Crippen molar-refractivity contribution in [2.45, 2.75) is 46.0 Å². The minimum Gasteiger partial charge on any atom is -0.457 e. The molecule has 0 saturated carbocycles. The Morgan fingerprint density at radius 1 is 0.920 bits per heavy atom. The predicted octanol–water partition coefficient (Wildman–Crippen LogP) is 6.99. The van der Waals surface area contributed by atoms with Crippen molar-refractivity contribution in [1.82, 2.24) is 20.1 Å². The second-order valence-electron chi connectivity index (χ2n) is 12.2. The standard InChI is InChI=1S/C38H41N7O5/c1-3-4-7-27-22-35(45(44-27)28-12-10-25(2)11-13-28)43-38(48)41-32-14-15-33(31-9-6-5-8-30(31)32)50-29-16-19-39-34(23-29)42-36(46)24-40-37(47)26-17-20-49-21-18-26/h5-6,8-16,19,22-23,26H,3-4,7,17-18,20-21,24H2,1-2H3,(H,40,47)(H,39,42,46)(H2,41,43,48). The predicted molar refractivity (Wildman–Crippen MR) is 193 cm³/mol. The van der Waals surface area contributed by atoms with Crippen LogP contribution in [-0.2, 0) is 20.7 Å². The molecule has 2 aromatic heterocycles. The number of unbranched alkanes of at least 4 members (excludes halogenated alkanes) is 1. The van der Waals surface area contributed by atoms with Gasteiger partial charge in [-0.05, 0) is 62.9 Å². The zero-order valence-electron chi connectivity index (χ0n) is 28.2. The van der Waals surface area contributed by atoms with Gasteiger partial charge in [-0.3, -0.25) is 14.9 Å². The van der Waals surface area contributed by atoms with Crippen LogP contribution in [0.5, 0.6) is 11.5 Å². The van der Waals surface area contributed by atoms with E-state index in [9.17, 15) is 14.4 Å². The maximum Gasteiger partial charge on any atom is 0.324 e. The van der Waals surface area contributed by atoms with E-state index in [1.54, 1.807) is 28.9 Å². The molecule has 1 aliphatic rings. The van der Waals surface area contributed by atoms with Gasteiger partial charge in [0.2, 0.25) is 11.8 Å². The third-order valence-electron chi connectivity index (χ3n) is 8.44. The SMILES string of the molecule is CCCCc1cc(NC(=O)Nc2ccc(Oc3ccnc(NC(=O)CNC(=O)C4CCOCC4)c3)c3ccccc23)n(-c2ccc(C)cc2)n1. The lowest BCUT2D eigenvalue weighted by molar-refractivity contribution is -0.129. The maximum atomic E-state index is 13.4. The summed E-state index contributed by atoms with van der Waals surface area (Å²) in [5.74, 6) is 1.17. The molecule has 0 spiro atoms. The number of hydrogen-bond donors (Lipinski definition) is 4. The number of anilines is 3. The smallest absolute Gasteiger partial charge is 0.324 e. The Morgan fingerprint density at radius 3 is 2.48 bits per heavy atom. The molecule has 12 heteroatoms. The van der Waals surface area contributed by atoms with E-state index < -0.39 is 11.9 Å². The van der Waals surface area contributed by atoms with Gasteiger partial charge >= 0.3 is 6.03 Å². The molecular weight excluding hydrogens is 634 g/mol. The number of hydrogen-bond acceptors (Lipinski definition) is 7. The number of aryl methyl sites for hydroxylation is 2. The molecule has 1 saturated heterocycles. The molecule has 0 bridgehead atoms. The summed E-state index contributed by atoms with van der Waals surface area (Å²) in [6, 6.07) is 24.0. The number of amides is 4. The van der Waals surface area contributed by atoms with Crippen LogP contribution in [0.1, 0.15) is 43.9 Å². The topological polar surface area (TPSA) is 148 Å². The Bertz CT molecular complexity index is 1970. The molecular formula is C38H41N7O5. The third kappa shape index (κ3) is 8.63. The van der Waals surface area contributed by atoms with Crippen LogP contribution in [0.25, 0.3) is 16.5 Å². The highest BCUT2D eigenvalue weighted by Gasteiger charge is 2.22. The monoisotopic (exact) mass is 675 g/mol. The highest BCUT2D eigenvalue weighted by atomic mass is 16.5. The number of carbonyl (C=O) groups is 3. The Hall–Kier alpha value is -5.75. The van der Waals surface area contributed by atoms with Crippen molar-refractivity contribution in [1.29, 1.82) is 0 Å². The van der Waals surface area contributed by atoms with Crippen molar-refractivity contribution in [2.24, 2.45) is 5.92 Å². The number of urea groups is 1. The van der Waals surface area contributed by atoms with E-state index in [4.69, 9.17) is 14.6 Å². The number of carbonyl (C=O) groups excluding carboxylic acids is 3. The lowest BCUT2D eigenvalue weighted by atomic mass is 9.99. The van der Waals surface area contributed by atoms with Crippen LogP contribution in [0.4, 0.5) is 22.1 Å². The fraction of sp³-hybridized carbons (Fsp3) is 0.289. The Kier molecular flexibility index (Phi) is 11.0. The van der Waals surface area contributed by atoms with E-state index in [0.717, 1.165) is 47.0 Å². The first kappa shape index (κ1) is 34.1. The number of fused-ring (bicyclic) bond motifs is 1. The van der Waals surface area contributed by atoms with Gasteiger partial charge in [-0.15, -0.1) is 0 Å². The summed E-state index contributed by atoms with van der Waals surface area (Å²) in [6.07, 6.45) is 5.69. The normalized spacial score (nSPS) is 13.1. The molecule has 258 valence electrons. The molecule has 0 aliphatic carbocycles. The van der Waals surface area contributed by atoms with E-state index in [-0.39, 0.29) is 24.2 Å².